The van der Waals surface area contributed by atoms with E-state index in [9.17, 15) is 13.5 Å². The zero-order valence-electron chi connectivity index (χ0n) is 12.4. The van der Waals surface area contributed by atoms with Crippen molar-refractivity contribution in [3.8, 4) is 0 Å². The number of rotatable bonds is 10. The van der Waals surface area contributed by atoms with Gasteiger partial charge in [0.25, 0.3) is 0 Å². The van der Waals surface area contributed by atoms with Crippen molar-refractivity contribution < 1.29 is 13.5 Å². The van der Waals surface area contributed by atoms with Crippen LogP contribution < -0.4 is 4.72 Å². The van der Waals surface area contributed by atoms with Gasteiger partial charge < -0.3 is 9.67 Å². The second-order valence-corrected chi connectivity index (χ2v) is 6.74. The minimum absolute atomic E-state index is 0.147. The summed E-state index contributed by atoms with van der Waals surface area (Å²) in [5.74, 6) is 0. The molecule has 1 heterocycles. The lowest BCUT2D eigenvalue weighted by Crippen LogP contribution is -2.24. The first kappa shape index (κ1) is 17.2. The van der Waals surface area contributed by atoms with Crippen molar-refractivity contribution in [2.24, 2.45) is 0 Å². The Kier molecular flexibility index (Phi) is 7.26. The van der Waals surface area contributed by atoms with Gasteiger partial charge in [0.1, 0.15) is 0 Å². The first-order valence-electron chi connectivity index (χ1n) is 7.34. The molecule has 0 atom stereocenters. The molecule has 1 aromatic heterocycles. The Bertz CT molecular complexity index is 495. The van der Waals surface area contributed by atoms with Gasteiger partial charge in [-0.1, -0.05) is 33.1 Å². The van der Waals surface area contributed by atoms with Crippen LogP contribution in [0.15, 0.2) is 17.2 Å². The second-order valence-electron chi connectivity index (χ2n) is 4.98. The molecular weight excluding hydrogens is 276 g/mol. The van der Waals surface area contributed by atoms with Gasteiger partial charge >= 0.3 is 0 Å². The smallest absolute Gasteiger partial charge is 0.242 e. The van der Waals surface area contributed by atoms with Crippen LogP contribution >= 0.6 is 0 Å². The molecule has 116 valence electrons. The highest BCUT2D eigenvalue weighted by molar-refractivity contribution is 7.89. The summed E-state index contributed by atoms with van der Waals surface area (Å²) in [7, 11) is -3.46. The normalized spacial score (nSPS) is 11.9. The average Bonchev–Trinajstić information content (AvgIpc) is 2.83. The van der Waals surface area contributed by atoms with Gasteiger partial charge in [0, 0.05) is 25.0 Å². The van der Waals surface area contributed by atoms with Crippen LogP contribution in [0, 0.1) is 0 Å². The molecule has 0 amide bonds. The van der Waals surface area contributed by atoms with E-state index in [0.717, 1.165) is 32.1 Å². The molecule has 0 aromatic carbocycles. The minimum atomic E-state index is -3.46. The van der Waals surface area contributed by atoms with Crippen LogP contribution in [0.2, 0.25) is 0 Å². The van der Waals surface area contributed by atoms with Crippen LogP contribution in [0.5, 0.6) is 0 Å². The third-order valence-corrected chi connectivity index (χ3v) is 4.65. The standard InChI is InChI=1S/C14H26N2O3S/c1-3-5-6-7-8-15-20(18,19)14-10-13(12-17)16(11-14)9-4-2/h10-11,15,17H,3-9,12H2,1-2H3. The van der Waals surface area contributed by atoms with E-state index in [0.29, 0.717) is 18.8 Å². The van der Waals surface area contributed by atoms with E-state index in [1.807, 2.05) is 6.92 Å². The van der Waals surface area contributed by atoms with Crippen molar-refractivity contribution >= 4 is 10.0 Å². The van der Waals surface area contributed by atoms with Crippen molar-refractivity contribution in [3.05, 3.63) is 18.0 Å². The summed E-state index contributed by atoms with van der Waals surface area (Å²) in [4.78, 5) is 0.241. The maximum atomic E-state index is 12.1. The summed E-state index contributed by atoms with van der Waals surface area (Å²) in [5.41, 5.74) is 0.637. The Morgan fingerprint density at radius 2 is 1.95 bits per heavy atom. The van der Waals surface area contributed by atoms with E-state index >= 15 is 0 Å². The van der Waals surface area contributed by atoms with E-state index in [-0.39, 0.29) is 11.5 Å². The summed E-state index contributed by atoms with van der Waals surface area (Å²) in [5, 5.41) is 9.26. The quantitative estimate of drug-likeness (QED) is 0.651. The van der Waals surface area contributed by atoms with Crippen LogP contribution in [-0.4, -0.2) is 24.6 Å². The predicted octanol–water partition coefficient (Wildman–Crippen LogP) is 2.25. The molecule has 1 aromatic rings. The number of aliphatic hydroxyl groups excluding tert-OH is 1. The van der Waals surface area contributed by atoms with Crippen LogP contribution in [0.3, 0.4) is 0 Å². The third kappa shape index (κ3) is 4.92. The molecule has 0 radical (unpaired) electrons. The largest absolute Gasteiger partial charge is 0.390 e. The minimum Gasteiger partial charge on any atom is -0.390 e. The number of hydrogen-bond donors (Lipinski definition) is 2. The summed E-state index contributed by atoms with van der Waals surface area (Å²) in [6, 6.07) is 1.55. The Labute approximate surface area is 122 Å². The fraction of sp³-hybridized carbons (Fsp3) is 0.714. The number of nitrogens with zero attached hydrogens (tertiary/aromatic N) is 1. The summed E-state index contributed by atoms with van der Waals surface area (Å²) < 4.78 is 28.7. The molecule has 6 heteroatoms. The molecular formula is C14H26N2O3S. The van der Waals surface area contributed by atoms with Gasteiger partial charge in [0.2, 0.25) is 10.0 Å². The van der Waals surface area contributed by atoms with Crippen LogP contribution in [-0.2, 0) is 23.2 Å². The van der Waals surface area contributed by atoms with E-state index in [1.165, 1.54) is 0 Å². The molecule has 0 spiro atoms. The first-order valence-corrected chi connectivity index (χ1v) is 8.83. The van der Waals surface area contributed by atoms with Crippen LogP contribution in [0.1, 0.15) is 51.6 Å². The fourth-order valence-electron chi connectivity index (χ4n) is 2.10. The van der Waals surface area contributed by atoms with E-state index < -0.39 is 10.0 Å². The predicted molar refractivity (Wildman–Crippen MR) is 80.0 cm³/mol. The fourth-order valence-corrected chi connectivity index (χ4v) is 3.23. The highest BCUT2D eigenvalue weighted by atomic mass is 32.2. The number of aryl methyl sites for hydroxylation is 1. The maximum Gasteiger partial charge on any atom is 0.242 e. The molecule has 0 aliphatic rings. The van der Waals surface area contributed by atoms with E-state index in [2.05, 4.69) is 11.6 Å². The Balaban J connectivity index is 2.67. The third-order valence-electron chi connectivity index (χ3n) is 3.22. The van der Waals surface area contributed by atoms with E-state index in [1.54, 1.807) is 16.8 Å². The number of nitrogens with one attached hydrogen (secondary N) is 1. The molecule has 0 fully saturated rings. The number of hydrogen-bond acceptors (Lipinski definition) is 3. The van der Waals surface area contributed by atoms with Crippen LogP contribution in [0.25, 0.3) is 0 Å². The molecule has 0 saturated carbocycles. The molecule has 5 nitrogen and oxygen atoms in total. The average molecular weight is 302 g/mol. The van der Waals surface area contributed by atoms with E-state index in [4.69, 9.17) is 0 Å². The monoisotopic (exact) mass is 302 g/mol. The topological polar surface area (TPSA) is 71.3 Å². The summed E-state index contributed by atoms with van der Waals surface area (Å²) in [6.07, 6.45) is 6.65. The molecule has 0 aliphatic heterocycles. The van der Waals surface area contributed by atoms with Crippen molar-refractivity contribution in [3.63, 3.8) is 0 Å². The van der Waals surface area contributed by atoms with Gasteiger partial charge in [0.05, 0.1) is 11.5 Å². The van der Waals surface area contributed by atoms with Gasteiger partial charge in [0.15, 0.2) is 0 Å². The molecule has 20 heavy (non-hydrogen) atoms. The van der Waals surface area contributed by atoms with Gasteiger partial charge in [-0.25, -0.2) is 13.1 Å². The van der Waals surface area contributed by atoms with Gasteiger partial charge in [-0.3, -0.25) is 0 Å². The van der Waals surface area contributed by atoms with Gasteiger partial charge in [-0.15, -0.1) is 0 Å². The number of unbranched alkanes of at least 4 members (excludes halogenated alkanes) is 3. The van der Waals surface area contributed by atoms with Crippen molar-refractivity contribution in [2.75, 3.05) is 6.54 Å². The Hall–Kier alpha value is -0.850. The molecule has 0 unspecified atom stereocenters. The summed E-state index contributed by atoms with van der Waals surface area (Å²) in [6.45, 7) is 5.17. The summed E-state index contributed by atoms with van der Waals surface area (Å²) >= 11 is 0. The van der Waals surface area contributed by atoms with Crippen LogP contribution in [0.4, 0.5) is 0 Å². The molecule has 2 N–H and O–H groups in total. The zero-order chi connectivity index (χ0) is 15.0. The lowest BCUT2D eigenvalue weighted by Gasteiger charge is -2.05. The first-order chi connectivity index (χ1) is 9.55. The Morgan fingerprint density at radius 1 is 1.20 bits per heavy atom. The zero-order valence-corrected chi connectivity index (χ0v) is 13.2. The highest BCUT2D eigenvalue weighted by Gasteiger charge is 2.17. The lowest BCUT2D eigenvalue weighted by molar-refractivity contribution is 0.270. The molecule has 1 rings (SSSR count). The maximum absolute atomic E-state index is 12.1. The SMILES string of the molecule is CCCCCCNS(=O)(=O)c1cc(CO)n(CCC)c1. The lowest BCUT2D eigenvalue weighted by atomic mass is 10.2. The van der Waals surface area contributed by atoms with Gasteiger partial charge in [-0.05, 0) is 18.9 Å². The van der Waals surface area contributed by atoms with Crippen molar-refractivity contribution in [1.29, 1.82) is 0 Å². The van der Waals surface area contributed by atoms with Gasteiger partial charge in [-0.2, -0.15) is 0 Å². The molecule has 0 aliphatic carbocycles. The number of sulfonamides is 1. The number of aliphatic hydroxyl groups is 1. The Morgan fingerprint density at radius 3 is 2.55 bits per heavy atom. The second kappa shape index (κ2) is 8.44. The van der Waals surface area contributed by atoms with Crippen molar-refractivity contribution in [2.45, 2.75) is 64.0 Å². The molecule has 0 saturated heterocycles. The molecule has 0 bridgehead atoms. The highest BCUT2D eigenvalue weighted by Crippen LogP contribution is 2.15. The number of aromatic nitrogens is 1. The van der Waals surface area contributed by atoms with Crippen molar-refractivity contribution in [1.82, 2.24) is 9.29 Å².